The molecule has 1 aromatic carbocycles. The van der Waals surface area contributed by atoms with Gasteiger partial charge in [0.25, 0.3) is 5.91 Å². The molecule has 6 rings (SSSR count). The molecule has 2 amide bonds. The average molecular weight is 642 g/mol. The number of amides is 2. The van der Waals surface area contributed by atoms with Gasteiger partial charge in [-0.25, -0.2) is 9.97 Å². The van der Waals surface area contributed by atoms with E-state index in [2.05, 4.69) is 55.5 Å². The maximum Gasteiger partial charge on any atom is 0.266 e. The van der Waals surface area contributed by atoms with Crippen LogP contribution < -0.4 is 26.0 Å². The van der Waals surface area contributed by atoms with Crippen LogP contribution in [0.15, 0.2) is 42.6 Å². The molecule has 3 heterocycles. The number of anilines is 2. The van der Waals surface area contributed by atoms with Crippen molar-refractivity contribution in [3.8, 4) is 16.5 Å². The standard InChI is InChI=1S/C35H43N7O3S/c1-36-33(44)32-34(45-22-23-14-15-23)42-35(46-32)24-16-19-38-29(20-24)41-30(43)21-37-17-8-2-3-9-18-39-31-25-10-4-6-12-27(25)40-28-13-7-5-11-26(28)31/h4,6,10,12,16,19-20,23,37H,2-3,5,7-9,11,13-15,17-18,21-22H2,1H3,(H,36,44)(H,39,40)(H,38,41,43). The molecule has 1 saturated carbocycles. The van der Waals surface area contributed by atoms with E-state index in [4.69, 9.17) is 9.72 Å². The number of ether oxygens (including phenoxy) is 1. The summed E-state index contributed by atoms with van der Waals surface area (Å²) in [7, 11) is 1.59. The Morgan fingerprint density at radius 3 is 2.67 bits per heavy atom. The minimum Gasteiger partial charge on any atom is -0.476 e. The van der Waals surface area contributed by atoms with Crippen molar-refractivity contribution < 1.29 is 14.3 Å². The van der Waals surface area contributed by atoms with Crippen molar-refractivity contribution in [2.24, 2.45) is 5.92 Å². The molecule has 242 valence electrons. The van der Waals surface area contributed by atoms with Gasteiger partial charge in [0.1, 0.15) is 10.8 Å². The SMILES string of the molecule is CNC(=O)c1sc(-c2ccnc(NC(=O)CNCCCCCCNc3c4c(nc5ccccc35)CCCC4)c2)nc1OCC1CC1. The van der Waals surface area contributed by atoms with Gasteiger partial charge in [-0.15, -0.1) is 11.3 Å². The highest BCUT2D eigenvalue weighted by atomic mass is 32.1. The fraction of sp³-hybridized carbons (Fsp3) is 0.457. The number of carbonyl (C=O) groups excluding carboxylic acids is 2. The fourth-order valence-electron chi connectivity index (χ4n) is 5.80. The van der Waals surface area contributed by atoms with Crippen LogP contribution in [-0.2, 0) is 17.6 Å². The highest BCUT2D eigenvalue weighted by Crippen LogP contribution is 2.36. The lowest BCUT2D eigenvalue weighted by molar-refractivity contribution is -0.115. The van der Waals surface area contributed by atoms with Crippen LogP contribution in [-0.4, -0.2) is 60.1 Å². The quantitative estimate of drug-likeness (QED) is 0.110. The van der Waals surface area contributed by atoms with Gasteiger partial charge in [-0.3, -0.25) is 14.6 Å². The van der Waals surface area contributed by atoms with Gasteiger partial charge in [0, 0.05) is 42.1 Å². The van der Waals surface area contributed by atoms with E-state index in [9.17, 15) is 9.59 Å². The number of hydrogen-bond donors (Lipinski definition) is 4. The molecule has 4 N–H and O–H groups in total. The third kappa shape index (κ3) is 8.19. The molecule has 0 saturated heterocycles. The van der Waals surface area contributed by atoms with Crippen molar-refractivity contribution >= 4 is 45.6 Å². The molecule has 0 atom stereocenters. The van der Waals surface area contributed by atoms with E-state index in [0.717, 1.165) is 75.5 Å². The smallest absolute Gasteiger partial charge is 0.266 e. The van der Waals surface area contributed by atoms with Crippen LogP contribution in [0.1, 0.15) is 72.3 Å². The van der Waals surface area contributed by atoms with E-state index in [1.165, 1.54) is 46.5 Å². The molecule has 46 heavy (non-hydrogen) atoms. The highest BCUT2D eigenvalue weighted by Gasteiger charge is 2.25. The Kier molecular flexibility index (Phi) is 10.7. The zero-order valence-corrected chi connectivity index (χ0v) is 27.3. The molecule has 2 aliphatic carbocycles. The lowest BCUT2D eigenvalue weighted by Crippen LogP contribution is -2.29. The molecule has 0 bridgehead atoms. The van der Waals surface area contributed by atoms with E-state index in [1.807, 2.05) is 6.07 Å². The normalized spacial score (nSPS) is 14.1. The summed E-state index contributed by atoms with van der Waals surface area (Å²) in [5, 5.41) is 14.4. The monoisotopic (exact) mass is 641 g/mol. The first-order valence-corrected chi connectivity index (χ1v) is 17.4. The van der Waals surface area contributed by atoms with Gasteiger partial charge in [0.05, 0.1) is 18.7 Å². The van der Waals surface area contributed by atoms with Crippen molar-refractivity contribution in [3.05, 3.63) is 58.7 Å². The van der Waals surface area contributed by atoms with Gasteiger partial charge in [-0.05, 0) is 87.6 Å². The van der Waals surface area contributed by atoms with E-state index < -0.39 is 0 Å². The lowest BCUT2D eigenvalue weighted by atomic mass is 9.92. The van der Waals surface area contributed by atoms with E-state index in [1.54, 1.807) is 19.3 Å². The van der Waals surface area contributed by atoms with Gasteiger partial charge in [0.15, 0.2) is 4.88 Å². The Balaban J connectivity index is 0.906. The number of para-hydroxylation sites is 1. The molecule has 0 radical (unpaired) electrons. The van der Waals surface area contributed by atoms with Gasteiger partial charge in [0.2, 0.25) is 11.8 Å². The maximum absolute atomic E-state index is 12.6. The third-order valence-corrected chi connectivity index (χ3v) is 9.58. The van der Waals surface area contributed by atoms with Crippen LogP contribution in [0.5, 0.6) is 5.88 Å². The Morgan fingerprint density at radius 2 is 1.83 bits per heavy atom. The first-order chi connectivity index (χ1) is 22.6. The summed E-state index contributed by atoms with van der Waals surface area (Å²) in [6.45, 7) is 2.51. The summed E-state index contributed by atoms with van der Waals surface area (Å²) >= 11 is 1.27. The molecule has 3 aromatic heterocycles. The molecule has 0 aliphatic heterocycles. The number of nitrogens with zero attached hydrogens (tertiary/aromatic N) is 3. The summed E-state index contributed by atoms with van der Waals surface area (Å²) in [5.74, 6) is 0.968. The number of aryl methyl sites for hydroxylation is 1. The predicted molar refractivity (Wildman–Crippen MR) is 184 cm³/mol. The molecular weight excluding hydrogens is 598 g/mol. The topological polar surface area (TPSA) is 130 Å². The van der Waals surface area contributed by atoms with Crippen molar-refractivity contribution in [2.45, 2.75) is 64.2 Å². The van der Waals surface area contributed by atoms with Crippen molar-refractivity contribution in [1.82, 2.24) is 25.6 Å². The predicted octanol–water partition coefficient (Wildman–Crippen LogP) is 5.98. The van der Waals surface area contributed by atoms with Crippen LogP contribution in [0, 0.1) is 5.92 Å². The molecule has 1 fully saturated rings. The van der Waals surface area contributed by atoms with Gasteiger partial charge in [-0.2, -0.15) is 0 Å². The summed E-state index contributed by atoms with van der Waals surface area (Å²) in [4.78, 5) is 39.3. The van der Waals surface area contributed by atoms with Crippen LogP contribution in [0.25, 0.3) is 21.5 Å². The zero-order valence-electron chi connectivity index (χ0n) is 26.5. The Bertz CT molecular complexity index is 1670. The largest absolute Gasteiger partial charge is 0.476 e. The Morgan fingerprint density at radius 1 is 1.00 bits per heavy atom. The number of benzene rings is 1. The lowest BCUT2D eigenvalue weighted by Gasteiger charge is -2.21. The highest BCUT2D eigenvalue weighted by molar-refractivity contribution is 7.17. The van der Waals surface area contributed by atoms with Crippen LogP contribution in [0.2, 0.25) is 0 Å². The van der Waals surface area contributed by atoms with E-state index >= 15 is 0 Å². The second kappa shape index (κ2) is 15.5. The molecule has 4 aromatic rings. The summed E-state index contributed by atoms with van der Waals surface area (Å²) in [5.41, 5.74) is 5.82. The van der Waals surface area contributed by atoms with Crippen LogP contribution >= 0.6 is 11.3 Å². The molecule has 10 nitrogen and oxygen atoms in total. The number of unbranched alkanes of at least 4 members (excludes halogenated alkanes) is 3. The number of thiazole rings is 1. The van der Waals surface area contributed by atoms with Crippen molar-refractivity contribution in [3.63, 3.8) is 0 Å². The summed E-state index contributed by atoms with van der Waals surface area (Å²) in [6, 6.07) is 12.0. The molecular formula is C35H43N7O3S. The van der Waals surface area contributed by atoms with E-state index in [0.29, 0.717) is 34.1 Å². The molecule has 11 heteroatoms. The summed E-state index contributed by atoms with van der Waals surface area (Å²) < 4.78 is 5.86. The average Bonchev–Trinajstić information content (AvgIpc) is 3.82. The maximum atomic E-state index is 12.6. The first-order valence-electron chi connectivity index (χ1n) is 16.6. The number of hydrogen-bond acceptors (Lipinski definition) is 9. The molecule has 0 spiro atoms. The third-order valence-electron chi connectivity index (χ3n) is 8.49. The second-order valence-electron chi connectivity index (χ2n) is 12.1. The first kappa shape index (κ1) is 31.9. The second-order valence-corrected chi connectivity index (χ2v) is 13.1. The van der Waals surface area contributed by atoms with Gasteiger partial charge >= 0.3 is 0 Å². The number of rotatable bonds is 16. The van der Waals surface area contributed by atoms with Gasteiger partial charge < -0.3 is 26.0 Å². The number of aromatic nitrogens is 3. The van der Waals surface area contributed by atoms with Gasteiger partial charge in [-0.1, -0.05) is 31.0 Å². The Labute approximate surface area is 274 Å². The minimum absolute atomic E-state index is 0.152. The van der Waals surface area contributed by atoms with Crippen molar-refractivity contribution in [2.75, 3.05) is 43.9 Å². The molecule has 2 aliphatic rings. The minimum atomic E-state index is -0.225. The van der Waals surface area contributed by atoms with Crippen LogP contribution in [0.3, 0.4) is 0 Å². The zero-order chi connectivity index (χ0) is 31.7. The Hall–Kier alpha value is -4.09. The van der Waals surface area contributed by atoms with Crippen LogP contribution in [0.4, 0.5) is 11.5 Å². The van der Waals surface area contributed by atoms with E-state index in [-0.39, 0.29) is 18.4 Å². The fourth-order valence-corrected chi connectivity index (χ4v) is 6.76. The van der Waals surface area contributed by atoms with Crippen molar-refractivity contribution in [1.29, 1.82) is 0 Å². The number of pyridine rings is 2. The molecule has 0 unspecified atom stereocenters. The number of nitrogens with one attached hydrogen (secondary N) is 4. The number of carbonyl (C=O) groups is 2. The number of fused-ring (bicyclic) bond motifs is 2. The summed E-state index contributed by atoms with van der Waals surface area (Å²) in [6.07, 6.45) is 12.9.